The van der Waals surface area contributed by atoms with Gasteiger partial charge in [-0.05, 0) is 42.8 Å². The first-order chi connectivity index (χ1) is 11.6. The molecule has 0 amide bonds. The highest BCUT2D eigenvalue weighted by atomic mass is 32.2. The lowest BCUT2D eigenvalue weighted by molar-refractivity contribution is 0.577. The van der Waals surface area contributed by atoms with Gasteiger partial charge in [-0.2, -0.15) is 0 Å². The fourth-order valence-corrected chi connectivity index (χ4v) is 4.53. The number of rotatable bonds is 7. The maximum absolute atomic E-state index is 13.1. The molecule has 0 radical (unpaired) electrons. The minimum absolute atomic E-state index is 0.0421. The Morgan fingerprint density at radius 1 is 1.04 bits per heavy atom. The van der Waals surface area contributed by atoms with E-state index < -0.39 is 25.9 Å². The Labute approximate surface area is 147 Å². The molecule has 0 aliphatic rings. The molecule has 0 spiro atoms. The predicted octanol–water partition coefficient (Wildman–Crippen LogP) is 1.88. The van der Waals surface area contributed by atoms with E-state index in [-0.39, 0.29) is 23.5 Å². The van der Waals surface area contributed by atoms with Gasteiger partial charge in [0.25, 0.3) is 0 Å². The van der Waals surface area contributed by atoms with Gasteiger partial charge >= 0.3 is 0 Å². The topological polar surface area (TPSA) is 83.6 Å². The van der Waals surface area contributed by atoms with Crippen LogP contribution in [0.4, 0.5) is 10.1 Å². The van der Waals surface area contributed by atoms with Crippen LogP contribution in [0.5, 0.6) is 0 Å². The summed E-state index contributed by atoms with van der Waals surface area (Å²) in [6.45, 7) is 1.30. The molecule has 2 aromatic rings. The lowest BCUT2D eigenvalue weighted by atomic mass is 10.2. The molecule has 0 atom stereocenters. The predicted molar refractivity (Wildman–Crippen MR) is 95.0 cm³/mol. The van der Waals surface area contributed by atoms with E-state index in [0.717, 1.165) is 22.7 Å². The summed E-state index contributed by atoms with van der Waals surface area (Å²) in [6, 6.07) is 11.8. The van der Waals surface area contributed by atoms with Gasteiger partial charge in [-0.25, -0.2) is 25.9 Å². The molecule has 2 rings (SSSR count). The SMILES string of the molecule is Cc1cc(F)ccc1S(=O)(=O)NCCN(c1ccccc1)S(C)(=O)=O. The molecule has 0 unspecified atom stereocenters. The van der Waals surface area contributed by atoms with Crippen LogP contribution in [0.2, 0.25) is 0 Å². The van der Waals surface area contributed by atoms with Crippen LogP contribution in [0.3, 0.4) is 0 Å². The van der Waals surface area contributed by atoms with Crippen molar-refractivity contribution in [2.45, 2.75) is 11.8 Å². The molecule has 9 heteroatoms. The maximum Gasteiger partial charge on any atom is 0.240 e. The van der Waals surface area contributed by atoms with Crippen LogP contribution in [-0.4, -0.2) is 36.2 Å². The molecule has 0 aliphatic carbocycles. The van der Waals surface area contributed by atoms with Gasteiger partial charge in [-0.3, -0.25) is 4.31 Å². The Bertz CT molecular complexity index is 945. The van der Waals surface area contributed by atoms with E-state index in [9.17, 15) is 21.2 Å². The van der Waals surface area contributed by atoms with Crippen LogP contribution in [0.15, 0.2) is 53.4 Å². The summed E-state index contributed by atoms with van der Waals surface area (Å²) in [6.07, 6.45) is 1.05. The molecule has 6 nitrogen and oxygen atoms in total. The zero-order valence-corrected chi connectivity index (χ0v) is 15.4. The normalized spacial score (nSPS) is 12.1. The highest BCUT2D eigenvalue weighted by Crippen LogP contribution is 2.17. The highest BCUT2D eigenvalue weighted by Gasteiger charge is 2.20. The molecule has 136 valence electrons. The summed E-state index contributed by atoms with van der Waals surface area (Å²) < 4.78 is 65.2. The van der Waals surface area contributed by atoms with Crippen molar-refractivity contribution >= 4 is 25.7 Å². The van der Waals surface area contributed by atoms with Crippen molar-refractivity contribution < 1.29 is 21.2 Å². The summed E-state index contributed by atoms with van der Waals surface area (Å²) in [5.41, 5.74) is 0.720. The van der Waals surface area contributed by atoms with Gasteiger partial charge in [0.05, 0.1) is 16.8 Å². The Hall–Kier alpha value is -1.97. The highest BCUT2D eigenvalue weighted by molar-refractivity contribution is 7.92. The monoisotopic (exact) mass is 386 g/mol. The quantitative estimate of drug-likeness (QED) is 0.788. The maximum atomic E-state index is 13.1. The zero-order valence-electron chi connectivity index (χ0n) is 13.8. The number of halogens is 1. The number of benzene rings is 2. The van der Waals surface area contributed by atoms with Crippen LogP contribution >= 0.6 is 0 Å². The lowest BCUT2D eigenvalue weighted by Gasteiger charge is -2.22. The number of para-hydroxylation sites is 1. The number of aryl methyl sites for hydroxylation is 1. The largest absolute Gasteiger partial charge is 0.269 e. The molecule has 0 heterocycles. The standard InChI is InChI=1S/C16H19FN2O4S2/c1-13-12-14(17)8-9-16(13)25(22,23)18-10-11-19(24(2,20)21)15-6-4-3-5-7-15/h3-9,12,18H,10-11H2,1-2H3. The van der Waals surface area contributed by atoms with Crippen molar-refractivity contribution in [2.24, 2.45) is 0 Å². The van der Waals surface area contributed by atoms with Gasteiger partial charge in [0.2, 0.25) is 20.0 Å². The molecule has 25 heavy (non-hydrogen) atoms. The van der Waals surface area contributed by atoms with Crippen molar-refractivity contribution in [2.75, 3.05) is 23.7 Å². The molecule has 1 N–H and O–H groups in total. The molecule has 0 fully saturated rings. The van der Waals surface area contributed by atoms with E-state index in [1.807, 2.05) is 0 Å². The number of nitrogens with zero attached hydrogens (tertiary/aromatic N) is 1. The molecule has 0 aromatic heterocycles. The molecule has 0 aliphatic heterocycles. The Balaban J connectivity index is 2.14. The van der Waals surface area contributed by atoms with Crippen molar-refractivity contribution in [3.05, 3.63) is 59.9 Å². The minimum atomic E-state index is -3.87. The third-order valence-electron chi connectivity index (χ3n) is 3.48. The van der Waals surface area contributed by atoms with Gasteiger partial charge in [0, 0.05) is 13.1 Å². The fraction of sp³-hybridized carbons (Fsp3) is 0.250. The van der Waals surface area contributed by atoms with Crippen LogP contribution in [0.25, 0.3) is 0 Å². The molecular weight excluding hydrogens is 367 g/mol. The molecule has 0 saturated heterocycles. The minimum Gasteiger partial charge on any atom is -0.269 e. The van der Waals surface area contributed by atoms with Crippen LogP contribution < -0.4 is 9.03 Å². The number of sulfonamides is 2. The molecule has 2 aromatic carbocycles. The summed E-state index contributed by atoms with van der Waals surface area (Å²) >= 11 is 0. The number of hydrogen-bond acceptors (Lipinski definition) is 4. The molecule has 0 bridgehead atoms. The number of anilines is 1. The number of hydrogen-bond donors (Lipinski definition) is 1. The number of nitrogens with one attached hydrogen (secondary N) is 1. The van der Waals surface area contributed by atoms with Gasteiger partial charge < -0.3 is 0 Å². The van der Waals surface area contributed by atoms with E-state index in [1.165, 1.54) is 13.0 Å². The summed E-state index contributed by atoms with van der Waals surface area (Å²) in [5, 5.41) is 0. The lowest BCUT2D eigenvalue weighted by Crippen LogP contribution is -2.38. The van der Waals surface area contributed by atoms with E-state index in [1.54, 1.807) is 30.3 Å². The van der Waals surface area contributed by atoms with E-state index in [0.29, 0.717) is 5.69 Å². The third kappa shape index (κ3) is 5.00. The average molecular weight is 386 g/mol. The molecule has 0 saturated carbocycles. The second-order valence-electron chi connectivity index (χ2n) is 5.48. The summed E-state index contributed by atoms with van der Waals surface area (Å²) in [7, 11) is -7.43. The second-order valence-corrected chi connectivity index (χ2v) is 9.12. The van der Waals surface area contributed by atoms with E-state index >= 15 is 0 Å². The van der Waals surface area contributed by atoms with Gasteiger partial charge in [0.15, 0.2) is 0 Å². The fourth-order valence-electron chi connectivity index (χ4n) is 2.35. The average Bonchev–Trinajstić information content (AvgIpc) is 2.50. The first kappa shape index (κ1) is 19.4. The van der Waals surface area contributed by atoms with Crippen molar-refractivity contribution in [3.63, 3.8) is 0 Å². The Morgan fingerprint density at radius 3 is 2.24 bits per heavy atom. The zero-order chi connectivity index (χ0) is 18.7. The van der Waals surface area contributed by atoms with Crippen molar-refractivity contribution in [1.82, 2.24) is 4.72 Å². The van der Waals surface area contributed by atoms with E-state index in [4.69, 9.17) is 0 Å². The Morgan fingerprint density at radius 2 is 1.68 bits per heavy atom. The van der Waals surface area contributed by atoms with Crippen molar-refractivity contribution in [1.29, 1.82) is 0 Å². The van der Waals surface area contributed by atoms with Gasteiger partial charge in [0.1, 0.15) is 5.82 Å². The Kier molecular flexibility index (Phi) is 5.81. The van der Waals surface area contributed by atoms with Gasteiger partial charge in [-0.1, -0.05) is 18.2 Å². The molecular formula is C16H19FN2O4S2. The first-order valence-electron chi connectivity index (χ1n) is 7.40. The van der Waals surface area contributed by atoms with Crippen LogP contribution in [-0.2, 0) is 20.0 Å². The van der Waals surface area contributed by atoms with Crippen LogP contribution in [0, 0.1) is 12.7 Å². The van der Waals surface area contributed by atoms with Crippen LogP contribution in [0.1, 0.15) is 5.56 Å². The first-order valence-corrected chi connectivity index (χ1v) is 10.7. The second kappa shape index (κ2) is 7.51. The third-order valence-corrected chi connectivity index (χ3v) is 6.29. The van der Waals surface area contributed by atoms with Crippen molar-refractivity contribution in [3.8, 4) is 0 Å². The summed E-state index contributed by atoms with van der Waals surface area (Å²) in [4.78, 5) is -0.0421. The van der Waals surface area contributed by atoms with Gasteiger partial charge in [-0.15, -0.1) is 0 Å². The smallest absolute Gasteiger partial charge is 0.240 e. The van der Waals surface area contributed by atoms with E-state index in [2.05, 4.69) is 4.72 Å². The summed E-state index contributed by atoms with van der Waals surface area (Å²) in [5.74, 6) is -0.524.